The van der Waals surface area contributed by atoms with Crippen molar-refractivity contribution in [2.24, 2.45) is 5.92 Å². The topological polar surface area (TPSA) is 95.4 Å². The van der Waals surface area contributed by atoms with Crippen LogP contribution in [0, 0.1) is 5.92 Å². The average Bonchev–Trinajstić information content (AvgIpc) is 3.55. The highest BCUT2D eigenvalue weighted by molar-refractivity contribution is 5.66. The van der Waals surface area contributed by atoms with Crippen molar-refractivity contribution in [3.63, 3.8) is 0 Å². The van der Waals surface area contributed by atoms with Crippen molar-refractivity contribution in [2.75, 3.05) is 30.5 Å². The Kier molecular flexibility index (Phi) is 6.11. The lowest BCUT2D eigenvalue weighted by Gasteiger charge is -2.37. The van der Waals surface area contributed by atoms with Crippen molar-refractivity contribution in [2.45, 2.75) is 62.6 Å². The first-order chi connectivity index (χ1) is 18.9. The molecule has 39 heavy (non-hydrogen) atoms. The Balaban J connectivity index is 1.25. The molecule has 4 atom stereocenters. The lowest BCUT2D eigenvalue weighted by molar-refractivity contribution is -0.137. The number of hydrogen-bond acceptors (Lipinski definition) is 8. The summed E-state index contributed by atoms with van der Waals surface area (Å²) in [5.74, 6) is 0.647. The molecule has 0 radical (unpaired) electrons. The maximum absolute atomic E-state index is 13.7. The lowest BCUT2D eigenvalue weighted by atomic mass is 9.80. The largest absolute Gasteiger partial charge is 0.476 e. The van der Waals surface area contributed by atoms with Gasteiger partial charge in [0, 0.05) is 24.1 Å². The summed E-state index contributed by atoms with van der Waals surface area (Å²) >= 11 is 0. The minimum Gasteiger partial charge on any atom is -0.476 e. The fourth-order valence-electron chi connectivity index (χ4n) is 5.44. The molecule has 3 aromatic rings. The second kappa shape index (κ2) is 9.67. The molecule has 2 aliphatic heterocycles. The molecule has 7 rings (SSSR count). The fourth-order valence-corrected chi connectivity index (χ4v) is 5.44. The van der Waals surface area contributed by atoms with Gasteiger partial charge in [-0.05, 0) is 31.2 Å². The number of fused-ring (bicyclic) bond motifs is 4. The molecule has 12 heteroatoms. The van der Waals surface area contributed by atoms with Gasteiger partial charge in [-0.25, -0.2) is 9.67 Å². The third-order valence-corrected chi connectivity index (χ3v) is 7.98. The van der Waals surface area contributed by atoms with Crippen LogP contribution in [-0.2, 0) is 22.3 Å². The zero-order valence-electron chi connectivity index (χ0n) is 21.2. The number of alkyl halides is 3. The predicted octanol–water partition coefficient (Wildman–Crippen LogP) is 5.05. The van der Waals surface area contributed by atoms with Gasteiger partial charge in [0.15, 0.2) is 0 Å². The molecule has 1 aromatic carbocycles. The maximum atomic E-state index is 13.7. The number of rotatable bonds is 5. The standard InChI is InChI=1S/C27H29F3N6O3/c28-27(29,30)18-10-31-26-33-23-22(16-6-7-16)35-36(25(23)39-12-17-8-9-19(17)32-24(18)34-26)20-13-37-14-21(20)38-11-15-4-2-1-3-5-15/h1-5,10,16-17,19-21H,6-9,11-14H2,(H2,31,32,33,34)/t17-,19+,20?,21-/m0/s1. The van der Waals surface area contributed by atoms with Crippen LogP contribution in [0.4, 0.5) is 30.6 Å². The third-order valence-electron chi connectivity index (χ3n) is 7.98. The molecule has 0 amide bonds. The van der Waals surface area contributed by atoms with Gasteiger partial charge in [-0.3, -0.25) is 0 Å². The molecule has 4 aliphatic rings. The van der Waals surface area contributed by atoms with E-state index in [9.17, 15) is 13.2 Å². The Bertz CT molecular complexity index is 1350. The molecule has 2 aliphatic carbocycles. The Hall–Kier alpha value is -3.38. The summed E-state index contributed by atoms with van der Waals surface area (Å²) in [5, 5.41) is 11.2. The van der Waals surface area contributed by atoms with Gasteiger partial charge in [-0.2, -0.15) is 23.3 Å². The normalized spacial score (nSPS) is 26.2. The summed E-state index contributed by atoms with van der Waals surface area (Å²) < 4.78 is 61.6. The molecule has 3 fully saturated rings. The first-order valence-electron chi connectivity index (χ1n) is 13.4. The van der Waals surface area contributed by atoms with Gasteiger partial charge in [-0.1, -0.05) is 30.3 Å². The highest BCUT2D eigenvalue weighted by atomic mass is 19.4. The van der Waals surface area contributed by atoms with E-state index in [4.69, 9.17) is 19.3 Å². The van der Waals surface area contributed by atoms with E-state index in [2.05, 4.69) is 20.6 Å². The SMILES string of the molecule is FC(F)(F)c1cnc2nc1N[C@@H]1CC[C@H]1COc1c(c(C3CC3)nn1C1COC[C@@H]1OCc1ccccc1)N2. The van der Waals surface area contributed by atoms with Gasteiger partial charge < -0.3 is 24.8 Å². The van der Waals surface area contributed by atoms with Crippen molar-refractivity contribution < 1.29 is 27.4 Å². The van der Waals surface area contributed by atoms with Crippen LogP contribution in [-0.4, -0.2) is 51.7 Å². The Morgan fingerprint density at radius 3 is 2.64 bits per heavy atom. The summed E-state index contributed by atoms with van der Waals surface area (Å²) in [4.78, 5) is 8.29. The summed E-state index contributed by atoms with van der Waals surface area (Å²) in [6.45, 7) is 1.63. The van der Waals surface area contributed by atoms with E-state index < -0.39 is 11.7 Å². The zero-order chi connectivity index (χ0) is 26.6. The fraction of sp³-hybridized carbons (Fsp3) is 0.519. The van der Waals surface area contributed by atoms with E-state index in [0.29, 0.717) is 38.0 Å². The quantitative estimate of drug-likeness (QED) is 0.463. The monoisotopic (exact) mass is 542 g/mol. The highest BCUT2D eigenvalue weighted by Gasteiger charge is 2.42. The summed E-state index contributed by atoms with van der Waals surface area (Å²) in [6.07, 6.45) is -0.429. The van der Waals surface area contributed by atoms with Crippen LogP contribution < -0.4 is 15.4 Å². The van der Waals surface area contributed by atoms with Crippen LogP contribution in [0.5, 0.6) is 5.88 Å². The van der Waals surface area contributed by atoms with Crippen LogP contribution in [0.25, 0.3) is 0 Å². The van der Waals surface area contributed by atoms with Crippen molar-refractivity contribution in [1.29, 1.82) is 0 Å². The second-order valence-electron chi connectivity index (χ2n) is 10.7. The number of ether oxygens (including phenoxy) is 3. The molecule has 206 valence electrons. The number of anilines is 3. The highest BCUT2D eigenvalue weighted by Crippen LogP contribution is 2.49. The number of hydrogen-bond donors (Lipinski definition) is 2. The van der Waals surface area contributed by atoms with Crippen molar-refractivity contribution in [1.82, 2.24) is 19.7 Å². The van der Waals surface area contributed by atoms with Gasteiger partial charge in [0.25, 0.3) is 0 Å². The molecule has 0 spiro atoms. The Morgan fingerprint density at radius 1 is 1.05 bits per heavy atom. The van der Waals surface area contributed by atoms with E-state index in [0.717, 1.165) is 43.1 Å². The summed E-state index contributed by atoms with van der Waals surface area (Å²) in [7, 11) is 0. The van der Waals surface area contributed by atoms with Gasteiger partial charge in [0.2, 0.25) is 11.8 Å². The van der Waals surface area contributed by atoms with E-state index >= 15 is 0 Å². The smallest absolute Gasteiger partial charge is 0.421 e. The molecule has 2 bridgehead atoms. The number of halogens is 3. The van der Waals surface area contributed by atoms with E-state index in [1.54, 1.807) is 0 Å². The Morgan fingerprint density at radius 2 is 1.90 bits per heavy atom. The molecule has 2 aromatic heterocycles. The first kappa shape index (κ1) is 24.6. The third kappa shape index (κ3) is 4.80. The molecule has 2 N–H and O–H groups in total. The van der Waals surface area contributed by atoms with E-state index in [-0.39, 0.29) is 41.8 Å². The van der Waals surface area contributed by atoms with Gasteiger partial charge >= 0.3 is 6.18 Å². The van der Waals surface area contributed by atoms with Crippen LogP contribution in [0.3, 0.4) is 0 Å². The molecule has 1 unspecified atom stereocenters. The molecule has 2 saturated carbocycles. The minimum absolute atomic E-state index is 0.0353. The van der Waals surface area contributed by atoms with E-state index in [1.165, 1.54) is 0 Å². The number of nitrogens with one attached hydrogen (secondary N) is 2. The van der Waals surface area contributed by atoms with Crippen LogP contribution in [0.1, 0.15) is 54.5 Å². The first-order valence-corrected chi connectivity index (χ1v) is 13.4. The van der Waals surface area contributed by atoms with Gasteiger partial charge in [-0.15, -0.1) is 0 Å². The van der Waals surface area contributed by atoms with Gasteiger partial charge in [0.05, 0.1) is 32.1 Å². The summed E-state index contributed by atoms with van der Waals surface area (Å²) in [5.41, 5.74) is 1.60. The average molecular weight is 543 g/mol. The lowest BCUT2D eigenvalue weighted by Crippen LogP contribution is -2.42. The van der Waals surface area contributed by atoms with E-state index in [1.807, 2.05) is 35.0 Å². The second-order valence-corrected chi connectivity index (χ2v) is 10.7. The predicted molar refractivity (Wildman–Crippen MR) is 135 cm³/mol. The maximum Gasteiger partial charge on any atom is 0.421 e. The molecular weight excluding hydrogens is 513 g/mol. The van der Waals surface area contributed by atoms with Gasteiger partial charge in [0.1, 0.15) is 29.2 Å². The number of benzene rings is 1. The molecule has 4 heterocycles. The van der Waals surface area contributed by atoms with Crippen LogP contribution in [0.2, 0.25) is 0 Å². The van der Waals surface area contributed by atoms with Crippen LogP contribution in [0.15, 0.2) is 36.5 Å². The van der Waals surface area contributed by atoms with Crippen LogP contribution >= 0.6 is 0 Å². The van der Waals surface area contributed by atoms with Crippen molar-refractivity contribution >= 4 is 17.5 Å². The number of nitrogens with zero attached hydrogens (tertiary/aromatic N) is 4. The molecule has 1 saturated heterocycles. The van der Waals surface area contributed by atoms with Crippen molar-refractivity contribution in [3.05, 3.63) is 53.3 Å². The molecular formula is C27H29F3N6O3. The van der Waals surface area contributed by atoms with Crippen molar-refractivity contribution in [3.8, 4) is 5.88 Å². The minimum atomic E-state index is -4.57. The molecule has 9 nitrogen and oxygen atoms in total. The number of aromatic nitrogens is 4. The summed E-state index contributed by atoms with van der Waals surface area (Å²) in [6, 6.07) is 9.56. The Labute approximate surface area is 223 Å². The zero-order valence-corrected chi connectivity index (χ0v) is 21.2.